The summed E-state index contributed by atoms with van der Waals surface area (Å²) in [6, 6.07) is 1.74. The number of nitrogens with zero attached hydrogens (tertiary/aromatic N) is 1. The van der Waals surface area contributed by atoms with Gasteiger partial charge in [0.1, 0.15) is 18.1 Å². The highest BCUT2D eigenvalue weighted by atomic mass is 16.6. The fraction of sp³-hybridized carbons (Fsp3) is 0.607. The molecule has 0 bridgehead atoms. The number of carbonyl (C=O) groups is 2. The van der Waals surface area contributed by atoms with Gasteiger partial charge in [0.25, 0.3) is 0 Å². The zero-order chi connectivity index (χ0) is 24.8. The van der Waals surface area contributed by atoms with Crippen molar-refractivity contribution in [2.24, 2.45) is 5.16 Å². The third kappa shape index (κ3) is 7.71. The second-order valence-corrected chi connectivity index (χ2v) is 8.77. The minimum atomic E-state index is -0.278. The van der Waals surface area contributed by atoms with E-state index in [1.807, 2.05) is 6.92 Å². The number of hydrogen-bond donors (Lipinski definition) is 0. The van der Waals surface area contributed by atoms with Crippen molar-refractivity contribution in [2.45, 2.75) is 90.9 Å². The van der Waals surface area contributed by atoms with Gasteiger partial charge in [-0.05, 0) is 37.5 Å². The first-order valence-corrected chi connectivity index (χ1v) is 12.8. The fourth-order valence-electron chi connectivity index (χ4n) is 4.25. The molecule has 0 aliphatic heterocycles. The molecule has 0 N–H and O–H groups in total. The van der Waals surface area contributed by atoms with Crippen molar-refractivity contribution < 1.29 is 23.9 Å². The SMILES string of the molecule is CCCCCCCCCCCCC(=NOCCC)c1cc(OC)c2c(c1OC)C(=O)C=CC2=O. The Hall–Kier alpha value is -2.63. The zero-order valence-corrected chi connectivity index (χ0v) is 21.4. The molecule has 34 heavy (non-hydrogen) atoms. The number of ether oxygens (including phenoxy) is 2. The van der Waals surface area contributed by atoms with E-state index in [1.165, 1.54) is 77.7 Å². The summed E-state index contributed by atoms with van der Waals surface area (Å²) in [5, 5.41) is 4.40. The Bertz CT molecular complexity index is 872. The average molecular weight is 472 g/mol. The highest BCUT2D eigenvalue weighted by Gasteiger charge is 2.31. The van der Waals surface area contributed by atoms with E-state index >= 15 is 0 Å². The van der Waals surface area contributed by atoms with Gasteiger partial charge in [0, 0.05) is 5.56 Å². The molecule has 0 aromatic heterocycles. The van der Waals surface area contributed by atoms with Crippen LogP contribution in [0, 0.1) is 0 Å². The number of ketones is 2. The molecule has 0 fully saturated rings. The number of oxime groups is 1. The summed E-state index contributed by atoms with van der Waals surface area (Å²) in [7, 11) is 3.00. The molecular formula is C28H41NO5. The number of unbranched alkanes of at least 4 members (excludes halogenated alkanes) is 9. The Kier molecular flexibility index (Phi) is 12.4. The Balaban J connectivity index is 2.14. The largest absolute Gasteiger partial charge is 0.496 e. The molecule has 2 rings (SSSR count). The lowest BCUT2D eigenvalue weighted by Gasteiger charge is -2.20. The summed E-state index contributed by atoms with van der Waals surface area (Å²) in [6.07, 6.45) is 16.5. The van der Waals surface area contributed by atoms with Crippen molar-refractivity contribution >= 4 is 17.3 Å². The summed E-state index contributed by atoms with van der Waals surface area (Å²) in [5.41, 5.74) is 1.82. The smallest absolute Gasteiger partial charge is 0.190 e. The van der Waals surface area contributed by atoms with Gasteiger partial charge in [-0.1, -0.05) is 76.8 Å². The number of hydrogen-bond acceptors (Lipinski definition) is 6. The van der Waals surface area contributed by atoms with E-state index in [2.05, 4.69) is 12.1 Å². The van der Waals surface area contributed by atoms with Gasteiger partial charge in [-0.2, -0.15) is 0 Å². The van der Waals surface area contributed by atoms with Crippen molar-refractivity contribution in [1.82, 2.24) is 0 Å². The van der Waals surface area contributed by atoms with Crippen LogP contribution in [-0.4, -0.2) is 38.1 Å². The van der Waals surface area contributed by atoms with Crippen LogP contribution >= 0.6 is 0 Å². The molecule has 6 heteroatoms. The molecule has 0 radical (unpaired) electrons. The van der Waals surface area contributed by atoms with Crippen LogP contribution in [-0.2, 0) is 4.84 Å². The normalized spacial score (nSPS) is 13.2. The quantitative estimate of drug-likeness (QED) is 0.138. The Morgan fingerprint density at radius 2 is 1.35 bits per heavy atom. The van der Waals surface area contributed by atoms with Crippen LogP contribution in [0.1, 0.15) is 117 Å². The molecule has 1 aliphatic carbocycles. The summed E-state index contributed by atoms with van der Waals surface area (Å²) in [6.45, 7) is 4.78. The van der Waals surface area contributed by atoms with Gasteiger partial charge in [-0.25, -0.2) is 0 Å². The van der Waals surface area contributed by atoms with Crippen molar-refractivity contribution in [3.63, 3.8) is 0 Å². The maximum Gasteiger partial charge on any atom is 0.190 e. The maximum absolute atomic E-state index is 12.7. The second kappa shape index (κ2) is 15.3. The van der Waals surface area contributed by atoms with Gasteiger partial charge < -0.3 is 14.3 Å². The van der Waals surface area contributed by atoms with Crippen molar-refractivity contribution in [2.75, 3.05) is 20.8 Å². The predicted molar refractivity (Wildman–Crippen MR) is 137 cm³/mol. The maximum atomic E-state index is 12.7. The van der Waals surface area contributed by atoms with Crippen molar-refractivity contribution in [3.8, 4) is 11.5 Å². The molecule has 0 heterocycles. The Morgan fingerprint density at radius 3 is 1.91 bits per heavy atom. The van der Waals surface area contributed by atoms with Gasteiger partial charge in [0.2, 0.25) is 0 Å². The number of allylic oxidation sites excluding steroid dienone is 2. The van der Waals surface area contributed by atoms with Crippen LogP contribution in [0.3, 0.4) is 0 Å². The van der Waals surface area contributed by atoms with Crippen LogP contribution < -0.4 is 9.47 Å². The number of rotatable bonds is 17. The van der Waals surface area contributed by atoms with Crippen LogP contribution in [0.2, 0.25) is 0 Å². The fourth-order valence-corrected chi connectivity index (χ4v) is 4.25. The Morgan fingerprint density at radius 1 is 0.765 bits per heavy atom. The molecule has 1 aliphatic rings. The van der Waals surface area contributed by atoms with Gasteiger partial charge in [-0.3, -0.25) is 9.59 Å². The van der Waals surface area contributed by atoms with Crippen molar-refractivity contribution in [3.05, 3.63) is 34.9 Å². The van der Waals surface area contributed by atoms with E-state index in [0.717, 1.165) is 19.3 Å². The lowest BCUT2D eigenvalue weighted by atomic mass is 9.88. The molecule has 0 spiro atoms. The van der Waals surface area contributed by atoms with Gasteiger partial charge in [0.05, 0.1) is 31.1 Å². The molecule has 0 unspecified atom stereocenters. The highest BCUT2D eigenvalue weighted by molar-refractivity contribution is 6.25. The third-order valence-electron chi connectivity index (χ3n) is 6.09. The first-order chi connectivity index (χ1) is 16.6. The first kappa shape index (κ1) is 27.6. The minimum Gasteiger partial charge on any atom is -0.496 e. The molecule has 1 aromatic rings. The molecule has 1 aromatic carbocycles. The van der Waals surface area contributed by atoms with Crippen LogP contribution in [0.15, 0.2) is 23.4 Å². The lowest BCUT2D eigenvalue weighted by Crippen LogP contribution is -2.18. The summed E-state index contributed by atoms with van der Waals surface area (Å²) < 4.78 is 11.1. The van der Waals surface area contributed by atoms with Gasteiger partial charge in [0.15, 0.2) is 11.6 Å². The summed E-state index contributed by atoms with van der Waals surface area (Å²) in [5.74, 6) is 0.148. The van der Waals surface area contributed by atoms with E-state index in [0.29, 0.717) is 35.8 Å². The molecule has 0 saturated carbocycles. The minimum absolute atomic E-state index is 0.232. The highest BCUT2D eigenvalue weighted by Crippen LogP contribution is 2.38. The monoisotopic (exact) mass is 471 g/mol. The van der Waals surface area contributed by atoms with Gasteiger partial charge in [-0.15, -0.1) is 0 Å². The molecular weight excluding hydrogens is 430 g/mol. The Labute approximate surface area is 204 Å². The number of carbonyl (C=O) groups excluding carboxylic acids is 2. The van der Waals surface area contributed by atoms with Crippen LogP contribution in [0.5, 0.6) is 11.5 Å². The molecule has 0 amide bonds. The first-order valence-electron chi connectivity index (χ1n) is 12.8. The van der Waals surface area contributed by atoms with Crippen molar-refractivity contribution in [1.29, 1.82) is 0 Å². The summed E-state index contributed by atoms with van der Waals surface area (Å²) >= 11 is 0. The number of methoxy groups -OCH3 is 2. The topological polar surface area (TPSA) is 74.2 Å². The lowest BCUT2D eigenvalue weighted by molar-refractivity contribution is 0.0989. The van der Waals surface area contributed by atoms with Crippen LogP contribution in [0.4, 0.5) is 0 Å². The second-order valence-electron chi connectivity index (χ2n) is 8.77. The number of benzene rings is 1. The van der Waals surface area contributed by atoms with E-state index in [4.69, 9.17) is 14.3 Å². The van der Waals surface area contributed by atoms with E-state index in [-0.39, 0.29) is 22.7 Å². The molecule has 0 saturated heterocycles. The zero-order valence-electron chi connectivity index (χ0n) is 21.4. The van der Waals surface area contributed by atoms with Gasteiger partial charge >= 0.3 is 0 Å². The predicted octanol–water partition coefficient (Wildman–Crippen LogP) is 7.08. The number of fused-ring (bicyclic) bond motifs is 1. The third-order valence-corrected chi connectivity index (χ3v) is 6.09. The van der Waals surface area contributed by atoms with E-state index in [9.17, 15) is 9.59 Å². The molecule has 0 atom stereocenters. The van der Waals surface area contributed by atoms with E-state index < -0.39 is 0 Å². The molecule has 188 valence electrons. The summed E-state index contributed by atoms with van der Waals surface area (Å²) in [4.78, 5) is 30.8. The van der Waals surface area contributed by atoms with Crippen LogP contribution in [0.25, 0.3) is 0 Å². The molecule has 6 nitrogen and oxygen atoms in total. The standard InChI is InChI=1S/C28H41NO5/c1-5-7-8-9-10-11-12-13-14-15-16-22(29-34-19-6-2)21-20-25(32-3)26-23(30)17-18-24(31)27(26)28(21)33-4/h17-18,20H,5-16,19H2,1-4H3. The van der Waals surface area contributed by atoms with E-state index in [1.54, 1.807) is 6.07 Å². The average Bonchev–Trinajstić information content (AvgIpc) is 2.85.